The van der Waals surface area contributed by atoms with Crippen molar-refractivity contribution in [2.24, 2.45) is 0 Å². The summed E-state index contributed by atoms with van der Waals surface area (Å²) in [6.45, 7) is 3.81. The van der Waals surface area contributed by atoms with Gasteiger partial charge in [-0.25, -0.2) is 14.8 Å². The number of carbonyl (C=O) groups is 1. The van der Waals surface area contributed by atoms with Crippen LogP contribution in [0.1, 0.15) is 24.8 Å². The molecule has 1 saturated heterocycles. The SMILES string of the molecule is Cc1ccc2oc(=O)n(CCC(=O)N[C@@H]3CCCN(c4ncccn4)C3)c2c1. The fourth-order valence-electron chi connectivity index (χ4n) is 3.63. The molecule has 1 aliphatic rings. The number of nitrogens with one attached hydrogen (secondary N) is 1. The first-order valence-corrected chi connectivity index (χ1v) is 9.51. The molecule has 28 heavy (non-hydrogen) atoms. The van der Waals surface area contributed by atoms with Crippen LogP contribution >= 0.6 is 0 Å². The molecule has 3 heterocycles. The Balaban J connectivity index is 1.37. The third-order valence-corrected chi connectivity index (χ3v) is 5.01. The number of carbonyl (C=O) groups excluding carboxylic acids is 1. The molecule has 146 valence electrons. The third-order valence-electron chi connectivity index (χ3n) is 5.01. The van der Waals surface area contributed by atoms with Crippen LogP contribution in [0, 0.1) is 6.92 Å². The van der Waals surface area contributed by atoms with Gasteiger partial charge in [0.1, 0.15) is 0 Å². The summed E-state index contributed by atoms with van der Waals surface area (Å²) in [5, 5.41) is 3.08. The van der Waals surface area contributed by atoms with E-state index in [1.807, 2.05) is 19.1 Å². The number of hydrogen-bond donors (Lipinski definition) is 1. The third kappa shape index (κ3) is 3.90. The van der Waals surface area contributed by atoms with E-state index in [0.29, 0.717) is 24.6 Å². The number of amides is 1. The number of oxazole rings is 1. The molecule has 0 unspecified atom stereocenters. The van der Waals surface area contributed by atoms with Crippen LogP contribution < -0.4 is 16.0 Å². The zero-order valence-corrected chi connectivity index (χ0v) is 15.8. The summed E-state index contributed by atoms with van der Waals surface area (Å²) in [7, 11) is 0. The van der Waals surface area contributed by atoms with Crippen molar-refractivity contribution in [3.8, 4) is 0 Å². The molecule has 8 heteroatoms. The summed E-state index contributed by atoms with van der Waals surface area (Å²) in [4.78, 5) is 35.2. The molecule has 1 N–H and O–H groups in total. The Hall–Kier alpha value is -3.16. The standard InChI is InChI=1S/C20H23N5O3/c1-14-5-6-17-16(12-14)25(20(27)28-17)11-7-18(26)23-15-4-2-10-24(13-15)19-21-8-3-9-22-19/h3,5-6,8-9,12,15H,2,4,7,10-11,13H2,1H3,(H,23,26)/t15-/m1/s1. The maximum Gasteiger partial charge on any atom is 0.419 e. The zero-order chi connectivity index (χ0) is 19.5. The van der Waals surface area contributed by atoms with E-state index in [-0.39, 0.29) is 18.4 Å². The van der Waals surface area contributed by atoms with Gasteiger partial charge in [0.15, 0.2) is 5.58 Å². The van der Waals surface area contributed by atoms with E-state index in [9.17, 15) is 9.59 Å². The Morgan fingerprint density at radius 1 is 1.32 bits per heavy atom. The predicted molar refractivity (Wildman–Crippen MR) is 105 cm³/mol. The van der Waals surface area contributed by atoms with E-state index < -0.39 is 5.76 Å². The topological polar surface area (TPSA) is 93.3 Å². The molecule has 0 spiro atoms. The molecule has 0 radical (unpaired) electrons. The average Bonchev–Trinajstić information content (AvgIpc) is 3.01. The molecule has 0 bridgehead atoms. The number of anilines is 1. The number of nitrogens with zero attached hydrogens (tertiary/aromatic N) is 4. The largest absolute Gasteiger partial charge is 0.419 e. The molecule has 1 fully saturated rings. The second-order valence-corrected chi connectivity index (χ2v) is 7.14. The van der Waals surface area contributed by atoms with Crippen molar-refractivity contribution in [1.29, 1.82) is 0 Å². The van der Waals surface area contributed by atoms with Crippen molar-refractivity contribution in [1.82, 2.24) is 19.9 Å². The van der Waals surface area contributed by atoms with Crippen LogP contribution in [0.3, 0.4) is 0 Å². The van der Waals surface area contributed by atoms with Crippen LogP contribution in [-0.2, 0) is 11.3 Å². The minimum atomic E-state index is -0.432. The molecular weight excluding hydrogens is 358 g/mol. The maximum atomic E-state index is 12.5. The molecule has 1 aliphatic heterocycles. The first kappa shape index (κ1) is 18.2. The van der Waals surface area contributed by atoms with Crippen molar-refractivity contribution in [2.75, 3.05) is 18.0 Å². The predicted octanol–water partition coefficient (Wildman–Crippen LogP) is 1.87. The van der Waals surface area contributed by atoms with Gasteiger partial charge in [0.2, 0.25) is 11.9 Å². The second-order valence-electron chi connectivity index (χ2n) is 7.14. The number of piperidine rings is 1. The number of aromatic nitrogens is 3. The van der Waals surface area contributed by atoms with Crippen LogP contribution in [0.25, 0.3) is 11.1 Å². The highest BCUT2D eigenvalue weighted by molar-refractivity contribution is 5.77. The summed E-state index contributed by atoms with van der Waals surface area (Å²) in [5.41, 5.74) is 2.31. The first-order valence-electron chi connectivity index (χ1n) is 9.51. The minimum Gasteiger partial charge on any atom is -0.408 e. The van der Waals surface area contributed by atoms with Gasteiger partial charge in [-0.2, -0.15) is 0 Å². The fraction of sp³-hybridized carbons (Fsp3) is 0.400. The van der Waals surface area contributed by atoms with Crippen LogP contribution in [0.2, 0.25) is 0 Å². The summed E-state index contributed by atoms with van der Waals surface area (Å²) in [6.07, 6.45) is 5.55. The average molecular weight is 381 g/mol. The highest BCUT2D eigenvalue weighted by Gasteiger charge is 2.23. The Morgan fingerprint density at radius 3 is 2.96 bits per heavy atom. The maximum absolute atomic E-state index is 12.5. The lowest BCUT2D eigenvalue weighted by atomic mass is 10.1. The van der Waals surface area contributed by atoms with E-state index in [1.54, 1.807) is 24.5 Å². The number of fused-ring (bicyclic) bond motifs is 1. The van der Waals surface area contributed by atoms with Crippen LogP contribution in [0.15, 0.2) is 45.9 Å². The molecule has 0 aliphatic carbocycles. The van der Waals surface area contributed by atoms with Gasteiger partial charge in [0, 0.05) is 44.5 Å². The van der Waals surface area contributed by atoms with Crippen molar-refractivity contribution in [2.45, 2.75) is 38.8 Å². The van der Waals surface area contributed by atoms with E-state index in [2.05, 4.69) is 20.2 Å². The molecule has 1 aromatic carbocycles. The van der Waals surface area contributed by atoms with E-state index in [4.69, 9.17) is 4.42 Å². The van der Waals surface area contributed by atoms with Gasteiger partial charge >= 0.3 is 5.76 Å². The second kappa shape index (κ2) is 7.84. The summed E-state index contributed by atoms with van der Waals surface area (Å²) < 4.78 is 6.78. The van der Waals surface area contributed by atoms with E-state index >= 15 is 0 Å². The van der Waals surface area contributed by atoms with Crippen molar-refractivity contribution in [3.63, 3.8) is 0 Å². The molecule has 4 rings (SSSR count). The van der Waals surface area contributed by atoms with Gasteiger partial charge in [-0.3, -0.25) is 9.36 Å². The molecule has 3 aromatic rings. The lowest BCUT2D eigenvalue weighted by Crippen LogP contribution is -2.48. The minimum absolute atomic E-state index is 0.0464. The number of rotatable bonds is 5. The highest BCUT2D eigenvalue weighted by Crippen LogP contribution is 2.16. The Bertz CT molecular complexity index is 1030. The summed E-state index contributed by atoms with van der Waals surface area (Å²) in [6, 6.07) is 7.41. The molecular formula is C20H23N5O3. The Morgan fingerprint density at radius 2 is 2.14 bits per heavy atom. The quantitative estimate of drug-likeness (QED) is 0.725. The van der Waals surface area contributed by atoms with Crippen LogP contribution in [0.4, 0.5) is 5.95 Å². The van der Waals surface area contributed by atoms with Crippen LogP contribution in [0.5, 0.6) is 0 Å². The summed E-state index contributed by atoms with van der Waals surface area (Å²) >= 11 is 0. The smallest absolute Gasteiger partial charge is 0.408 e. The first-order chi connectivity index (χ1) is 13.6. The lowest BCUT2D eigenvalue weighted by Gasteiger charge is -2.33. The fourth-order valence-corrected chi connectivity index (χ4v) is 3.63. The van der Waals surface area contributed by atoms with Crippen LogP contribution in [-0.4, -0.2) is 39.6 Å². The van der Waals surface area contributed by atoms with Gasteiger partial charge in [-0.15, -0.1) is 0 Å². The van der Waals surface area contributed by atoms with Gasteiger partial charge in [0.25, 0.3) is 0 Å². The number of hydrogen-bond acceptors (Lipinski definition) is 6. The van der Waals surface area contributed by atoms with Gasteiger partial charge in [0.05, 0.1) is 5.52 Å². The molecule has 2 aromatic heterocycles. The van der Waals surface area contributed by atoms with Crippen molar-refractivity contribution in [3.05, 3.63) is 52.8 Å². The highest BCUT2D eigenvalue weighted by atomic mass is 16.4. The van der Waals surface area contributed by atoms with Gasteiger partial charge in [-0.05, 0) is 43.5 Å². The monoisotopic (exact) mass is 381 g/mol. The Kier molecular flexibility index (Phi) is 5.10. The molecule has 1 atom stereocenters. The Labute approximate surface area is 162 Å². The van der Waals surface area contributed by atoms with E-state index in [0.717, 1.165) is 30.5 Å². The zero-order valence-electron chi connectivity index (χ0n) is 15.8. The molecule has 0 saturated carbocycles. The normalized spacial score (nSPS) is 17.0. The van der Waals surface area contributed by atoms with Crippen molar-refractivity contribution >= 4 is 23.0 Å². The number of aryl methyl sites for hydroxylation is 2. The van der Waals surface area contributed by atoms with Gasteiger partial charge in [-0.1, -0.05) is 6.07 Å². The molecule has 8 nitrogen and oxygen atoms in total. The summed E-state index contributed by atoms with van der Waals surface area (Å²) in [5.74, 6) is 0.182. The van der Waals surface area contributed by atoms with E-state index in [1.165, 1.54) is 4.57 Å². The molecule has 1 amide bonds. The van der Waals surface area contributed by atoms with Gasteiger partial charge < -0.3 is 14.6 Å². The van der Waals surface area contributed by atoms with Crippen molar-refractivity contribution < 1.29 is 9.21 Å². The lowest BCUT2D eigenvalue weighted by molar-refractivity contribution is -0.122. The number of benzene rings is 1.